The Balaban J connectivity index is 1.91. The van der Waals surface area contributed by atoms with Gasteiger partial charge in [0.05, 0.1) is 17.8 Å². The highest BCUT2D eigenvalue weighted by Crippen LogP contribution is 2.44. The van der Waals surface area contributed by atoms with E-state index in [1.165, 1.54) is 24.9 Å². The van der Waals surface area contributed by atoms with Gasteiger partial charge in [-0.2, -0.15) is 0 Å². The van der Waals surface area contributed by atoms with Crippen LogP contribution in [0.1, 0.15) is 73.8 Å². The fraction of sp³-hybridized carbons (Fsp3) is 0.513. The zero-order valence-corrected chi connectivity index (χ0v) is 33.2. The van der Waals surface area contributed by atoms with E-state index in [1.807, 2.05) is 25.0 Å². The Hall–Kier alpha value is -3.50. The molecule has 1 atom stereocenters. The van der Waals surface area contributed by atoms with Gasteiger partial charge >= 0.3 is 0 Å². The standard InChI is InChI=1S/C39H50F2N4O4SSi/c1-22(2)49-38-33-36(43-39(50-10)44-37(33)45-16-11-12-27(46)20-45)34(41)35(42-38)30-19-28(48-21-47-9)18-26-13-14-31(40)29(32(26)30)15-17-51(23(3)4,24(5)6)25(7)8/h13-14,18-19,22-25,27,46H,11-12,16,20-21H2,1-10H3/t27-/m1/s1. The molecule has 12 heteroatoms. The second-order valence-corrected chi connectivity index (χ2v) is 20.8. The fourth-order valence-corrected chi connectivity index (χ4v) is 13.2. The summed E-state index contributed by atoms with van der Waals surface area (Å²) in [4.78, 5) is 16.2. The summed E-state index contributed by atoms with van der Waals surface area (Å²) in [7, 11) is -0.764. The monoisotopic (exact) mass is 736 g/mol. The van der Waals surface area contributed by atoms with Gasteiger partial charge in [0, 0.05) is 31.1 Å². The number of ether oxygens (including phenoxy) is 3. The molecule has 1 aliphatic heterocycles. The molecule has 0 amide bonds. The average molecular weight is 737 g/mol. The lowest BCUT2D eigenvalue weighted by atomic mass is 9.95. The van der Waals surface area contributed by atoms with E-state index in [1.54, 1.807) is 18.2 Å². The molecule has 51 heavy (non-hydrogen) atoms. The molecule has 0 spiro atoms. The number of fused-ring (bicyclic) bond motifs is 2. The Morgan fingerprint density at radius 3 is 2.31 bits per heavy atom. The van der Waals surface area contributed by atoms with Gasteiger partial charge in [-0.05, 0) is 73.2 Å². The van der Waals surface area contributed by atoms with E-state index in [0.29, 0.717) is 74.6 Å². The van der Waals surface area contributed by atoms with Gasteiger partial charge in [-0.15, -0.1) is 5.54 Å². The highest BCUT2D eigenvalue weighted by Gasteiger charge is 2.42. The number of β-amino-alcohol motifs (C(OH)–C–C–N with tert-alkyl or cyclic N) is 1. The van der Waals surface area contributed by atoms with Crippen molar-refractivity contribution in [3.05, 3.63) is 41.5 Å². The van der Waals surface area contributed by atoms with Gasteiger partial charge in [0.1, 0.15) is 42.1 Å². The Labute approximate surface area is 305 Å². The molecule has 4 aromatic rings. The van der Waals surface area contributed by atoms with Crippen molar-refractivity contribution < 1.29 is 28.1 Å². The van der Waals surface area contributed by atoms with Gasteiger partial charge in [-0.25, -0.2) is 23.7 Å². The van der Waals surface area contributed by atoms with Crippen molar-refractivity contribution in [1.29, 1.82) is 0 Å². The molecule has 1 fully saturated rings. The molecule has 0 saturated carbocycles. The number of aliphatic hydroxyl groups excluding tert-OH is 1. The topological polar surface area (TPSA) is 89.8 Å². The van der Waals surface area contributed by atoms with Crippen LogP contribution in [-0.4, -0.2) is 73.6 Å². The van der Waals surface area contributed by atoms with Crippen molar-refractivity contribution in [3.8, 4) is 34.4 Å². The van der Waals surface area contributed by atoms with Crippen molar-refractivity contribution in [2.75, 3.05) is 38.1 Å². The Bertz CT molecular complexity index is 1940. The summed E-state index contributed by atoms with van der Waals surface area (Å²) in [6.45, 7) is 17.9. The molecule has 1 aliphatic rings. The first kappa shape index (κ1) is 38.7. The smallest absolute Gasteiger partial charge is 0.227 e. The van der Waals surface area contributed by atoms with Crippen LogP contribution in [0.4, 0.5) is 14.6 Å². The van der Waals surface area contributed by atoms with Crippen molar-refractivity contribution >= 4 is 47.3 Å². The second-order valence-electron chi connectivity index (χ2n) is 14.4. The Morgan fingerprint density at radius 1 is 1.00 bits per heavy atom. The van der Waals surface area contributed by atoms with Crippen LogP contribution < -0.4 is 14.4 Å². The molecule has 1 saturated heterocycles. The molecule has 0 bridgehead atoms. The highest BCUT2D eigenvalue weighted by atomic mass is 32.2. The summed E-state index contributed by atoms with van der Waals surface area (Å²) >= 11 is 1.29. The number of pyridine rings is 1. The maximum atomic E-state index is 17.4. The third-order valence-electron chi connectivity index (χ3n) is 9.85. The van der Waals surface area contributed by atoms with Crippen LogP contribution in [0.3, 0.4) is 0 Å². The van der Waals surface area contributed by atoms with E-state index in [0.717, 1.165) is 6.42 Å². The second kappa shape index (κ2) is 16.0. The Kier molecular flexibility index (Phi) is 12.2. The lowest BCUT2D eigenvalue weighted by Crippen LogP contribution is -2.43. The van der Waals surface area contributed by atoms with Crippen molar-refractivity contribution in [3.63, 3.8) is 0 Å². The number of hydrogen-bond donors (Lipinski definition) is 1. The first-order chi connectivity index (χ1) is 24.2. The van der Waals surface area contributed by atoms with E-state index in [9.17, 15) is 5.11 Å². The maximum Gasteiger partial charge on any atom is 0.227 e. The molecule has 2 aromatic carbocycles. The minimum absolute atomic E-state index is 0.0244. The molecular formula is C39H50F2N4O4SSi. The number of halogens is 2. The number of piperidine rings is 1. The number of rotatable bonds is 11. The number of nitrogens with zero attached hydrogens (tertiary/aromatic N) is 4. The molecule has 274 valence electrons. The minimum Gasteiger partial charge on any atom is -0.474 e. The summed E-state index contributed by atoms with van der Waals surface area (Å²) in [5.41, 5.74) is 5.07. The molecule has 0 aliphatic carbocycles. The summed E-state index contributed by atoms with van der Waals surface area (Å²) in [6.07, 6.45) is 2.38. The largest absolute Gasteiger partial charge is 0.474 e. The van der Waals surface area contributed by atoms with Crippen molar-refractivity contribution in [2.45, 2.75) is 102 Å². The average Bonchev–Trinajstić information content (AvgIpc) is 3.08. The normalized spacial score (nSPS) is 15.4. The zero-order chi connectivity index (χ0) is 37.2. The number of aliphatic hydroxyl groups is 1. The van der Waals surface area contributed by atoms with Gasteiger partial charge < -0.3 is 24.2 Å². The number of thioether (sulfide) groups is 1. The summed E-state index contributed by atoms with van der Waals surface area (Å²) < 4.78 is 50.9. The highest BCUT2D eigenvalue weighted by molar-refractivity contribution is 7.98. The van der Waals surface area contributed by atoms with Gasteiger partial charge in [-0.3, -0.25) is 0 Å². The first-order valence-electron chi connectivity index (χ1n) is 17.7. The van der Waals surface area contributed by atoms with Crippen LogP contribution in [0.5, 0.6) is 11.6 Å². The quantitative estimate of drug-likeness (QED) is 0.0533. The van der Waals surface area contributed by atoms with Gasteiger partial charge in [-0.1, -0.05) is 65.3 Å². The molecule has 3 heterocycles. The molecule has 1 N–H and O–H groups in total. The van der Waals surface area contributed by atoms with Gasteiger partial charge in [0.15, 0.2) is 17.8 Å². The molecule has 2 aromatic heterocycles. The summed E-state index contributed by atoms with van der Waals surface area (Å²) in [5.74, 6) is 3.10. The van der Waals surface area contributed by atoms with Crippen LogP contribution in [-0.2, 0) is 4.74 Å². The van der Waals surface area contributed by atoms with E-state index in [-0.39, 0.29) is 35.6 Å². The van der Waals surface area contributed by atoms with Crippen LogP contribution in [0.15, 0.2) is 29.4 Å². The number of methoxy groups -OCH3 is 1. The molecule has 0 radical (unpaired) electrons. The van der Waals surface area contributed by atoms with E-state index < -0.39 is 25.8 Å². The molecule has 0 unspecified atom stereocenters. The third kappa shape index (κ3) is 7.68. The van der Waals surface area contributed by atoms with Crippen LogP contribution >= 0.6 is 11.8 Å². The third-order valence-corrected chi connectivity index (χ3v) is 16.7. The van der Waals surface area contributed by atoms with Crippen molar-refractivity contribution in [2.24, 2.45) is 0 Å². The Morgan fingerprint density at radius 2 is 1.71 bits per heavy atom. The van der Waals surface area contributed by atoms with Gasteiger partial charge in [0.2, 0.25) is 5.88 Å². The number of hydrogen-bond acceptors (Lipinski definition) is 9. The summed E-state index contributed by atoms with van der Waals surface area (Å²) in [6, 6.07) is 6.47. The molecule has 8 nitrogen and oxygen atoms in total. The predicted octanol–water partition coefficient (Wildman–Crippen LogP) is 9.15. The van der Waals surface area contributed by atoms with Crippen LogP contribution in [0.25, 0.3) is 32.9 Å². The van der Waals surface area contributed by atoms with Crippen LogP contribution in [0, 0.1) is 23.1 Å². The SMILES string of the molecule is COCOc1cc(-c2nc(OC(C)C)c3c(N4CCC[C@@H](O)C4)nc(SC)nc3c2F)c2c(C#C[Si](C(C)C)(C(C)C)C(C)C)c(F)ccc2c1. The van der Waals surface area contributed by atoms with Crippen molar-refractivity contribution in [1.82, 2.24) is 15.0 Å². The lowest BCUT2D eigenvalue weighted by Gasteiger charge is -2.38. The molecule has 5 rings (SSSR count). The zero-order valence-electron chi connectivity index (χ0n) is 31.4. The first-order valence-corrected chi connectivity index (χ1v) is 21.1. The minimum atomic E-state index is -2.28. The molecular weight excluding hydrogens is 687 g/mol. The van der Waals surface area contributed by atoms with Gasteiger partial charge in [0.25, 0.3) is 0 Å². The number of anilines is 1. The number of benzene rings is 2. The van der Waals surface area contributed by atoms with E-state index in [2.05, 4.69) is 58.0 Å². The predicted molar refractivity (Wildman–Crippen MR) is 206 cm³/mol. The summed E-state index contributed by atoms with van der Waals surface area (Å²) in [5, 5.41) is 12.3. The maximum absolute atomic E-state index is 17.4. The lowest BCUT2D eigenvalue weighted by molar-refractivity contribution is 0.0512. The number of aromatic nitrogens is 3. The van der Waals surface area contributed by atoms with E-state index in [4.69, 9.17) is 24.2 Å². The van der Waals surface area contributed by atoms with E-state index >= 15 is 8.78 Å². The van der Waals surface area contributed by atoms with Crippen LogP contribution in [0.2, 0.25) is 16.6 Å². The fourth-order valence-electron chi connectivity index (χ4n) is 7.59.